The summed E-state index contributed by atoms with van der Waals surface area (Å²) in [7, 11) is 0. The molecule has 0 aliphatic carbocycles. The highest BCUT2D eigenvalue weighted by atomic mass is 35.5. The fourth-order valence-corrected chi connectivity index (χ4v) is 2.53. The highest BCUT2D eigenvalue weighted by molar-refractivity contribution is 6.17. The molecule has 1 aromatic heterocycles. The number of nitrogens with zero attached hydrogens (tertiary/aromatic N) is 1. The molecule has 2 nitrogen and oxygen atoms in total. The summed E-state index contributed by atoms with van der Waals surface area (Å²) in [5.74, 6) is 2.42. The molecule has 0 amide bonds. The number of hydrogen-bond donors (Lipinski definition) is 0. The van der Waals surface area contributed by atoms with Crippen LogP contribution in [-0.2, 0) is 5.88 Å². The molecule has 2 rings (SSSR count). The molecule has 0 saturated heterocycles. The van der Waals surface area contributed by atoms with Crippen LogP contribution in [-0.4, -0.2) is 4.98 Å². The van der Waals surface area contributed by atoms with E-state index in [1.165, 1.54) is 11.1 Å². The van der Waals surface area contributed by atoms with Gasteiger partial charge in [-0.3, -0.25) is 0 Å². The molecule has 0 unspecified atom stereocenters. The van der Waals surface area contributed by atoms with Crippen molar-refractivity contribution in [2.24, 2.45) is 0 Å². The number of benzene rings is 1. The van der Waals surface area contributed by atoms with Gasteiger partial charge >= 0.3 is 0 Å². The summed E-state index contributed by atoms with van der Waals surface area (Å²) in [5.41, 5.74) is 4.53. The lowest BCUT2D eigenvalue weighted by molar-refractivity contribution is 0.460. The first-order valence-corrected chi connectivity index (χ1v) is 7.35. The predicted octanol–water partition coefficient (Wildman–Crippen LogP) is 5.35. The van der Waals surface area contributed by atoms with Gasteiger partial charge in [-0.05, 0) is 48.6 Å². The fraction of sp³-hybridized carbons (Fsp3) is 0.353. The molecule has 1 heterocycles. The molecule has 0 aliphatic rings. The molecule has 0 radical (unpaired) electrons. The molecule has 106 valence electrons. The van der Waals surface area contributed by atoms with Crippen LogP contribution in [0.15, 0.2) is 30.3 Å². The van der Waals surface area contributed by atoms with Crippen LogP contribution >= 0.6 is 11.6 Å². The SMILES string of the molecule is Cc1cc(Oc2ccc(CCl)c(C)n2)ccc1C(C)C. The van der Waals surface area contributed by atoms with Gasteiger partial charge in [-0.2, -0.15) is 0 Å². The minimum atomic E-state index is 0.474. The van der Waals surface area contributed by atoms with E-state index in [0.717, 1.165) is 17.0 Å². The van der Waals surface area contributed by atoms with E-state index in [-0.39, 0.29) is 0 Å². The van der Waals surface area contributed by atoms with Crippen LogP contribution in [0.3, 0.4) is 0 Å². The molecule has 0 saturated carbocycles. The summed E-state index contributed by atoms with van der Waals surface area (Å²) in [6, 6.07) is 9.99. The molecule has 2 aromatic rings. The van der Waals surface area contributed by atoms with E-state index >= 15 is 0 Å². The Morgan fingerprint density at radius 3 is 2.45 bits per heavy atom. The normalized spacial score (nSPS) is 10.9. The predicted molar refractivity (Wildman–Crippen MR) is 83.9 cm³/mol. The highest BCUT2D eigenvalue weighted by Crippen LogP contribution is 2.26. The molecule has 0 N–H and O–H groups in total. The number of alkyl halides is 1. The Hall–Kier alpha value is -1.54. The van der Waals surface area contributed by atoms with Gasteiger partial charge in [0, 0.05) is 17.6 Å². The second-order valence-corrected chi connectivity index (χ2v) is 5.57. The van der Waals surface area contributed by atoms with Crippen molar-refractivity contribution in [3.63, 3.8) is 0 Å². The summed E-state index contributed by atoms with van der Waals surface area (Å²) >= 11 is 5.83. The Morgan fingerprint density at radius 2 is 1.90 bits per heavy atom. The summed E-state index contributed by atoms with van der Waals surface area (Å²) in [6.45, 7) is 8.44. The molecule has 0 fully saturated rings. The van der Waals surface area contributed by atoms with Crippen molar-refractivity contribution in [2.45, 2.75) is 39.5 Å². The van der Waals surface area contributed by atoms with E-state index in [4.69, 9.17) is 16.3 Å². The average molecular weight is 290 g/mol. The van der Waals surface area contributed by atoms with E-state index in [1.54, 1.807) is 0 Å². The maximum absolute atomic E-state index is 5.83. The minimum absolute atomic E-state index is 0.474. The van der Waals surface area contributed by atoms with Gasteiger partial charge in [-0.15, -0.1) is 11.6 Å². The number of aryl methyl sites for hydroxylation is 2. The Kier molecular flexibility index (Phi) is 4.66. The minimum Gasteiger partial charge on any atom is -0.439 e. The number of halogens is 1. The zero-order valence-electron chi connectivity index (χ0n) is 12.4. The molecule has 0 atom stereocenters. The molecule has 0 spiro atoms. The Bertz CT molecular complexity index is 608. The fourth-order valence-electron chi connectivity index (χ4n) is 2.25. The number of pyridine rings is 1. The van der Waals surface area contributed by atoms with E-state index < -0.39 is 0 Å². The van der Waals surface area contributed by atoms with Gasteiger partial charge in [0.1, 0.15) is 5.75 Å². The first-order chi connectivity index (χ1) is 9.51. The first kappa shape index (κ1) is 14.9. The van der Waals surface area contributed by atoms with Crippen molar-refractivity contribution in [3.05, 3.63) is 52.7 Å². The van der Waals surface area contributed by atoms with Crippen molar-refractivity contribution in [2.75, 3.05) is 0 Å². The third-order valence-corrected chi connectivity index (χ3v) is 3.69. The van der Waals surface area contributed by atoms with Gasteiger partial charge in [-0.1, -0.05) is 26.0 Å². The van der Waals surface area contributed by atoms with Crippen LogP contribution in [0, 0.1) is 13.8 Å². The van der Waals surface area contributed by atoms with Crippen molar-refractivity contribution in [1.29, 1.82) is 0 Å². The van der Waals surface area contributed by atoms with E-state index in [1.807, 2.05) is 25.1 Å². The van der Waals surface area contributed by atoms with Crippen molar-refractivity contribution in [1.82, 2.24) is 4.98 Å². The lowest BCUT2D eigenvalue weighted by Crippen LogP contribution is -1.96. The molecule has 0 aliphatic heterocycles. The molecular weight excluding hydrogens is 270 g/mol. The van der Waals surface area contributed by atoms with Gasteiger partial charge in [0.05, 0.1) is 0 Å². The van der Waals surface area contributed by atoms with Crippen LogP contribution in [0.25, 0.3) is 0 Å². The van der Waals surface area contributed by atoms with E-state index in [9.17, 15) is 0 Å². The summed E-state index contributed by atoms with van der Waals surface area (Å²) < 4.78 is 5.82. The number of aromatic nitrogens is 1. The maximum atomic E-state index is 5.83. The Labute approximate surface area is 125 Å². The topological polar surface area (TPSA) is 22.1 Å². The van der Waals surface area contributed by atoms with Crippen LogP contribution in [0.4, 0.5) is 0 Å². The molecular formula is C17H20ClNO. The van der Waals surface area contributed by atoms with Crippen molar-refractivity contribution in [3.8, 4) is 11.6 Å². The van der Waals surface area contributed by atoms with Crippen molar-refractivity contribution >= 4 is 11.6 Å². The highest BCUT2D eigenvalue weighted by Gasteiger charge is 2.07. The number of ether oxygens (including phenoxy) is 1. The number of rotatable bonds is 4. The van der Waals surface area contributed by atoms with Crippen molar-refractivity contribution < 1.29 is 4.74 Å². The Morgan fingerprint density at radius 1 is 1.15 bits per heavy atom. The third-order valence-electron chi connectivity index (χ3n) is 3.40. The number of hydrogen-bond acceptors (Lipinski definition) is 2. The van der Waals surface area contributed by atoms with Crippen LogP contribution in [0.5, 0.6) is 11.6 Å². The summed E-state index contributed by atoms with van der Waals surface area (Å²) in [6.07, 6.45) is 0. The third kappa shape index (κ3) is 3.31. The largest absolute Gasteiger partial charge is 0.439 e. The summed E-state index contributed by atoms with van der Waals surface area (Å²) in [5, 5.41) is 0. The smallest absolute Gasteiger partial charge is 0.219 e. The monoisotopic (exact) mass is 289 g/mol. The Balaban J connectivity index is 2.22. The summed E-state index contributed by atoms with van der Waals surface area (Å²) in [4.78, 5) is 4.42. The van der Waals surface area contributed by atoms with E-state index in [2.05, 4.69) is 37.9 Å². The van der Waals surface area contributed by atoms with Gasteiger partial charge in [0.2, 0.25) is 5.88 Å². The first-order valence-electron chi connectivity index (χ1n) is 6.82. The van der Waals surface area contributed by atoms with Gasteiger partial charge in [-0.25, -0.2) is 4.98 Å². The maximum Gasteiger partial charge on any atom is 0.219 e. The van der Waals surface area contributed by atoms with Gasteiger partial charge < -0.3 is 4.74 Å². The average Bonchev–Trinajstić information content (AvgIpc) is 2.38. The van der Waals surface area contributed by atoms with Crippen LogP contribution in [0.2, 0.25) is 0 Å². The van der Waals surface area contributed by atoms with Gasteiger partial charge in [0.15, 0.2) is 0 Å². The lowest BCUT2D eigenvalue weighted by Gasteiger charge is -2.12. The molecule has 1 aromatic carbocycles. The molecule has 20 heavy (non-hydrogen) atoms. The van der Waals surface area contributed by atoms with Gasteiger partial charge in [0.25, 0.3) is 0 Å². The molecule has 3 heteroatoms. The zero-order valence-corrected chi connectivity index (χ0v) is 13.2. The standard InChI is InChI=1S/C17H20ClNO/c1-11(2)16-7-6-15(9-12(16)3)20-17-8-5-14(10-18)13(4)19-17/h5-9,11H,10H2,1-4H3. The van der Waals surface area contributed by atoms with Crippen LogP contribution in [0.1, 0.15) is 42.1 Å². The second kappa shape index (κ2) is 6.27. The molecule has 0 bridgehead atoms. The van der Waals surface area contributed by atoms with Crippen LogP contribution < -0.4 is 4.74 Å². The van der Waals surface area contributed by atoms with E-state index in [0.29, 0.717) is 17.7 Å². The second-order valence-electron chi connectivity index (χ2n) is 5.30. The lowest BCUT2D eigenvalue weighted by atomic mass is 9.98. The zero-order chi connectivity index (χ0) is 14.7. The quantitative estimate of drug-likeness (QED) is 0.708.